The van der Waals surface area contributed by atoms with Gasteiger partial charge in [0.1, 0.15) is 10.8 Å². The number of aliphatic imine (C=N–C) groups is 1. The fraction of sp³-hybridized carbons (Fsp3) is 0.600. The summed E-state index contributed by atoms with van der Waals surface area (Å²) in [5.74, 6) is 0.432. The largest absolute Gasteiger partial charge is 0.507 e. The number of thiophene rings is 1. The number of nitrogens with zero attached hydrogens (tertiary/aromatic N) is 1. The van der Waals surface area contributed by atoms with Crippen LogP contribution < -0.4 is 5.32 Å². The lowest BCUT2D eigenvalue weighted by atomic mass is 9.78. The highest BCUT2D eigenvalue weighted by Gasteiger charge is 2.28. The highest BCUT2D eigenvalue weighted by Crippen LogP contribution is 2.42. The van der Waals surface area contributed by atoms with Gasteiger partial charge in [0.15, 0.2) is 0 Å². The predicted molar refractivity (Wildman–Crippen MR) is 148 cm³/mol. The van der Waals surface area contributed by atoms with Gasteiger partial charge < -0.3 is 10.4 Å². The van der Waals surface area contributed by atoms with Crippen LogP contribution in [0.4, 0.5) is 5.00 Å². The number of fused-ring (bicyclic) bond motifs is 1. The lowest BCUT2D eigenvalue weighted by Crippen LogP contribution is -2.36. The first kappa shape index (κ1) is 25.9. The second kappa shape index (κ2) is 10.1. The molecule has 0 bridgehead atoms. The van der Waals surface area contributed by atoms with Crippen LogP contribution in [0.1, 0.15) is 124 Å². The van der Waals surface area contributed by atoms with Crippen molar-refractivity contribution < 1.29 is 9.90 Å². The van der Waals surface area contributed by atoms with Crippen LogP contribution >= 0.6 is 11.3 Å². The van der Waals surface area contributed by atoms with Crippen LogP contribution in [0.25, 0.3) is 0 Å². The summed E-state index contributed by atoms with van der Waals surface area (Å²) >= 11 is 1.69. The summed E-state index contributed by atoms with van der Waals surface area (Å²) in [5, 5.41) is 15.2. The molecule has 2 aliphatic rings. The Hall–Kier alpha value is -2.14. The minimum atomic E-state index is -0.193. The van der Waals surface area contributed by atoms with E-state index < -0.39 is 0 Å². The van der Waals surface area contributed by atoms with E-state index in [9.17, 15) is 9.90 Å². The Balaban J connectivity index is 1.72. The zero-order chi connectivity index (χ0) is 25.4. The maximum atomic E-state index is 13.5. The van der Waals surface area contributed by atoms with E-state index in [0.29, 0.717) is 5.75 Å². The van der Waals surface area contributed by atoms with Gasteiger partial charge >= 0.3 is 0 Å². The number of amides is 1. The molecule has 4 nitrogen and oxygen atoms in total. The summed E-state index contributed by atoms with van der Waals surface area (Å²) in [6.45, 7) is 12.7. The van der Waals surface area contributed by atoms with Gasteiger partial charge in [-0.1, -0.05) is 60.8 Å². The number of phenols is 1. The molecule has 5 heteroatoms. The molecule has 1 heterocycles. The Morgan fingerprint density at radius 3 is 2.17 bits per heavy atom. The quantitative estimate of drug-likeness (QED) is 0.427. The molecule has 1 amide bonds. The molecule has 2 N–H and O–H groups in total. The second-order valence-electron chi connectivity index (χ2n) is 12.4. The minimum Gasteiger partial charge on any atom is -0.507 e. The van der Waals surface area contributed by atoms with E-state index in [-0.39, 0.29) is 22.8 Å². The number of hydrogen-bond donors (Lipinski definition) is 2. The molecule has 4 rings (SSSR count). The predicted octanol–water partition coefficient (Wildman–Crippen LogP) is 7.74. The van der Waals surface area contributed by atoms with Crippen molar-refractivity contribution in [3.8, 4) is 5.75 Å². The maximum Gasteiger partial charge on any atom is 0.254 e. The molecule has 1 fully saturated rings. The van der Waals surface area contributed by atoms with Crippen LogP contribution in [0.5, 0.6) is 5.75 Å². The van der Waals surface area contributed by atoms with Gasteiger partial charge in [0.2, 0.25) is 0 Å². The number of rotatable bonds is 4. The Morgan fingerprint density at radius 2 is 1.57 bits per heavy atom. The topological polar surface area (TPSA) is 61.7 Å². The fourth-order valence-electron chi connectivity index (χ4n) is 5.39. The first-order valence-corrected chi connectivity index (χ1v) is 14.1. The minimum absolute atomic E-state index is 0.0555. The first-order chi connectivity index (χ1) is 16.4. The second-order valence-corrected chi connectivity index (χ2v) is 13.5. The molecule has 35 heavy (non-hydrogen) atoms. The van der Waals surface area contributed by atoms with Gasteiger partial charge in [-0.3, -0.25) is 4.79 Å². The van der Waals surface area contributed by atoms with E-state index in [0.717, 1.165) is 59.4 Å². The Kier molecular flexibility index (Phi) is 7.47. The number of phenolic OH excluding ortho intramolecular Hbond substituents is 1. The highest BCUT2D eigenvalue weighted by atomic mass is 32.1. The third-order valence-electron chi connectivity index (χ3n) is 7.40. The maximum absolute atomic E-state index is 13.5. The molecule has 1 aromatic carbocycles. The van der Waals surface area contributed by atoms with Crippen molar-refractivity contribution in [2.45, 2.75) is 116 Å². The number of benzene rings is 1. The lowest BCUT2D eigenvalue weighted by Gasteiger charge is -2.27. The molecule has 0 atom stereocenters. The van der Waals surface area contributed by atoms with Gasteiger partial charge in [-0.05, 0) is 72.6 Å². The zero-order valence-electron chi connectivity index (χ0n) is 22.4. The molecule has 0 saturated heterocycles. The molecule has 1 aromatic heterocycles. The van der Waals surface area contributed by atoms with Gasteiger partial charge in [-0.2, -0.15) is 0 Å². The van der Waals surface area contributed by atoms with E-state index in [4.69, 9.17) is 4.99 Å². The van der Waals surface area contributed by atoms with Crippen LogP contribution in [0, 0.1) is 0 Å². The average molecular weight is 495 g/mol. The highest BCUT2D eigenvalue weighted by molar-refractivity contribution is 7.16. The van der Waals surface area contributed by atoms with Gasteiger partial charge in [-0.15, -0.1) is 11.3 Å². The number of aryl methyl sites for hydroxylation is 1. The zero-order valence-corrected chi connectivity index (χ0v) is 23.2. The third kappa shape index (κ3) is 5.82. The van der Waals surface area contributed by atoms with Crippen LogP contribution in [-0.4, -0.2) is 23.3 Å². The van der Waals surface area contributed by atoms with Gasteiger partial charge in [0.25, 0.3) is 5.91 Å². The fourth-order valence-corrected chi connectivity index (χ4v) is 6.62. The van der Waals surface area contributed by atoms with Gasteiger partial charge in [-0.25, -0.2) is 4.99 Å². The first-order valence-electron chi connectivity index (χ1n) is 13.3. The smallest absolute Gasteiger partial charge is 0.254 e. The van der Waals surface area contributed by atoms with Crippen molar-refractivity contribution in [3.63, 3.8) is 0 Å². The third-order valence-corrected chi connectivity index (χ3v) is 8.60. The summed E-state index contributed by atoms with van der Waals surface area (Å²) < 4.78 is 0. The Labute approximate surface area is 215 Å². The Morgan fingerprint density at radius 1 is 0.971 bits per heavy atom. The summed E-state index contributed by atoms with van der Waals surface area (Å²) in [4.78, 5) is 19.7. The standard InChI is InChI=1S/C30H42N2O2S/c1-29(2,3)22-16-19(17-23(26(22)33)30(4,5)6)18-31-28-25(21-14-10-11-15-24(21)35-28)27(34)32-20-12-8-7-9-13-20/h16-18,20,33H,7-15H2,1-6H3,(H,32,34). The van der Waals surface area contributed by atoms with Crippen molar-refractivity contribution in [3.05, 3.63) is 44.8 Å². The van der Waals surface area contributed by atoms with Crippen LogP contribution in [0.2, 0.25) is 0 Å². The van der Waals surface area contributed by atoms with Crippen molar-refractivity contribution in [2.75, 3.05) is 0 Å². The normalized spacial score (nSPS) is 17.5. The van der Waals surface area contributed by atoms with Crippen molar-refractivity contribution in [1.29, 1.82) is 0 Å². The van der Waals surface area contributed by atoms with Crippen molar-refractivity contribution in [2.24, 2.45) is 4.99 Å². The van der Waals surface area contributed by atoms with E-state index >= 15 is 0 Å². The van der Waals surface area contributed by atoms with E-state index in [2.05, 4.69) is 46.9 Å². The summed E-state index contributed by atoms with van der Waals surface area (Å²) in [7, 11) is 0. The Bertz CT molecular complexity index is 1070. The molecule has 2 aromatic rings. The number of carbonyl (C=O) groups excluding carboxylic acids is 1. The molecular formula is C30H42N2O2S. The SMILES string of the molecule is CC(C)(C)c1cc(C=Nc2sc3c(c2C(=O)NC2CCCCC2)CCCC3)cc(C(C)(C)C)c1O. The molecule has 1 saturated carbocycles. The average Bonchev–Trinajstić information content (AvgIpc) is 3.16. The molecule has 2 aliphatic carbocycles. The van der Waals surface area contributed by atoms with Crippen LogP contribution in [-0.2, 0) is 23.7 Å². The van der Waals surface area contributed by atoms with E-state index in [1.54, 1.807) is 11.3 Å². The van der Waals surface area contributed by atoms with Crippen LogP contribution in [0.15, 0.2) is 17.1 Å². The summed E-state index contributed by atoms with van der Waals surface area (Å²) in [6.07, 6.45) is 12.0. The number of aromatic hydroxyl groups is 1. The van der Waals surface area contributed by atoms with Gasteiger partial charge in [0, 0.05) is 28.3 Å². The van der Waals surface area contributed by atoms with E-state index in [1.165, 1.54) is 36.1 Å². The van der Waals surface area contributed by atoms with E-state index in [1.807, 2.05) is 18.3 Å². The van der Waals surface area contributed by atoms with Crippen LogP contribution in [0.3, 0.4) is 0 Å². The lowest BCUT2D eigenvalue weighted by molar-refractivity contribution is 0.0927. The summed E-state index contributed by atoms with van der Waals surface area (Å²) in [6, 6.07) is 4.38. The molecule has 0 spiro atoms. The molecule has 190 valence electrons. The number of hydrogen-bond acceptors (Lipinski definition) is 4. The number of nitrogens with one attached hydrogen (secondary N) is 1. The molecular weight excluding hydrogens is 452 g/mol. The van der Waals surface area contributed by atoms with Gasteiger partial charge in [0.05, 0.1) is 5.56 Å². The molecule has 0 unspecified atom stereocenters. The van der Waals surface area contributed by atoms with Crippen molar-refractivity contribution >= 4 is 28.5 Å². The number of carbonyl (C=O) groups is 1. The molecule has 0 aliphatic heterocycles. The summed E-state index contributed by atoms with van der Waals surface area (Å²) in [5.41, 5.74) is 4.44. The van der Waals surface area contributed by atoms with Crippen molar-refractivity contribution in [1.82, 2.24) is 5.32 Å². The molecule has 0 radical (unpaired) electrons. The monoisotopic (exact) mass is 494 g/mol.